The van der Waals surface area contributed by atoms with Crippen LogP contribution in [0, 0.1) is 18.8 Å². The summed E-state index contributed by atoms with van der Waals surface area (Å²) in [7, 11) is 0. The largest absolute Gasteiger partial charge is 0.381 e. The number of imidazole rings is 1. The third-order valence-electron chi connectivity index (χ3n) is 6.34. The van der Waals surface area contributed by atoms with Gasteiger partial charge in [0, 0.05) is 43.6 Å². The van der Waals surface area contributed by atoms with E-state index in [4.69, 9.17) is 14.5 Å². The average molecular weight is 476 g/mol. The Morgan fingerprint density at radius 2 is 1.94 bits per heavy atom. The van der Waals surface area contributed by atoms with Gasteiger partial charge < -0.3 is 25.1 Å². The summed E-state index contributed by atoms with van der Waals surface area (Å²) in [6.45, 7) is 10.4. The average Bonchev–Trinajstić information content (AvgIpc) is 3.30. The van der Waals surface area contributed by atoms with Gasteiger partial charge in [-0.1, -0.05) is 11.8 Å². The number of anilines is 3. The summed E-state index contributed by atoms with van der Waals surface area (Å²) in [5.41, 5.74) is 4.46. The van der Waals surface area contributed by atoms with Gasteiger partial charge in [0.15, 0.2) is 11.5 Å². The topological polar surface area (TPSA) is 100 Å². The van der Waals surface area contributed by atoms with Crippen LogP contribution in [0.25, 0.3) is 11.2 Å². The van der Waals surface area contributed by atoms with Gasteiger partial charge >= 0.3 is 0 Å². The number of nitrogens with zero attached hydrogens (tertiary/aromatic N) is 4. The van der Waals surface area contributed by atoms with Crippen molar-refractivity contribution in [3.63, 3.8) is 0 Å². The molecule has 0 bridgehead atoms. The maximum absolute atomic E-state index is 5.80. The van der Waals surface area contributed by atoms with Gasteiger partial charge in [-0.2, -0.15) is 9.97 Å². The van der Waals surface area contributed by atoms with Crippen molar-refractivity contribution in [1.29, 1.82) is 0 Å². The number of H-pyrrole nitrogens is 1. The number of hydrogen-bond acceptors (Lipinski definition) is 8. The molecule has 4 heterocycles. The minimum Gasteiger partial charge on any atom is -0.381 e. The van der Waals surface area contributed by atoms with Crippen LogP contribution < -0.4 is 10.6 Å². The predicted octanol–water partition coefficient (Wildman–Crippen LogP) is 3.46. The Labute approximate surface area is 206 Å². The predicted molar refractivity (Wildman–Crippen MR) is 137 cm³/mol. The van der Waals surface area contributed by atoms with E-state index in [0.29, 0.717) is 17.6 Å². The second-order valence-corrected chi connectivity index (χ2v) is 9.43. The van der Waals surface area contributed by atoms with Gasteiger partial charge in [0.05, 0.1) is 25.1 Å². The fourth-order valence-electron chi connectivity index (χ4n) is 4.70. The van der Waals surface area contributed by atoms with Crippen molar-refractivity contribution in [2.75, 3.05) is 43.5 Å². The molecule has 0 unspecified atom stereocenters. The Morgan fingerprint density at radius 3 is 2.71 bits per heavy atom. The molecule has 9 heteroatoms. The summed E-state index contributed by atoms with van der Waals surface area (Å²) in [6, 6.07) is 6.47. The molecule has 5 rings (SSSR count). The molecule has 1 aromatic carbocycles. The van der Waals surface area contributed by atoms with Crippen LogP contribution in [-0.4, -0.2) is 75.9 Å². The molecule has 3 aromatic rings. The number of aromatic nitrogens is 4. The number of morpholine rings is 1. The Kier molecular flexibility index (Phi) is 7.13. The molecule has 2 fully saturated rings. The van der Waals surface area contributed by atoms with Crippen molar-refractivity contribution in [1.82, 2.24) is 24.8 Å². The van der Waals surface area contributed by atoms with E-state index >= 15 is 0 Å². The molecule has 2 aliphatic heterocycles. The first kappa shape index (κ1) is 23.5. The zero-order chi connectivity index (χ0) is 24.2. The Balaban J connectivity index is 1.28. The summed E-state index contributed by atoms with van der Waals surface area (Å²) in [5, 5.41) is 6.90. The molecule has 2 aliphatic rings. The monoisotopic (exact) mass is 475 g/mol. The van der Waals surface area contributed by atoms with Gasteiger partial charge in [0.2, 0.25) is 5.95 Å². The van der Waals surface area contributed by atoms with E-state index < -0.39 is 0 Å². The fraction of sp³-hybridized carbons (Fsp3) is 0.500. The van der Waals surface area contributed by atoms with Crippen molar-refractivity contribution in [3.05, 3.63) is 35.7 Å². The van der Waals surface area contributed by atoms with Crippen LogP contribution in [-0.2, 0) is 9.47 Å². The first-order valence-corrected chi connectivity index (χ1v) is 12.3. The van der Waals surface area contributed by atoms with E-state index in [9.17, 15) is 0 Å². The number of hydrogen-bond donors (Lipinski definition) is 3. The lowest BCUT2D eigenvalue weighted by Gasteiger charge is -2.34. The molecule has 35 heavy (non-hydrogen) atoms. The highest BCUT2D eigenvalue weighted by atomic mass is 16.5. The number of fused-ring (bicyclic) bond motifs is 1. The molecular weight excluding hydrogens is 442 g/mol. The van der Waals surface area contributed by atoms with Crippen molar-refractivity contribution in [2.24, 2.45) is 0 Å². The molecule has 184 valence electrons. The van der Waals surface area contributed by atoms with Gasteiger partial charge in [-0.3, -0.25) is 4.90 Å². The highest BCUT2D eigenvalue weighted by Gasteiger charge is 2.21. The van der Waals surface area contributed by atoms with Crippen LogP contribution in [0.3, 0.4) is 0 Å². The standard InChI is InChI=1S/C26H33N7O2/c1-17-13-20(5-4-10-33-14-18(2)35-19(3)15-33)6-7-22(17)30-26-31-24-23(27-16-28-24)25(32-26)29-21-8-11-34-12-9-21/h6-7,13,16,18-19,21H,8-12,14-15H2,1-3H3,(H3,27,28,29,30,31,32)/t18-,19+. The van der Waals surface area contributed by atoms with Gasteiger partial charge in [-0.05, 0) is 57.4 Å². The smallest absolute Gasteiger partial charge is 0.231 e. The number of aryl methyl sites for hydroxylation is 1. The SMILES string of the molecule is Cc1cc(C#CCN2C[C@@H](C)O[C@@H](C)C2)ccc1Nc1nc(NC2CCOCC2)c2nc[nH]c2n1. The van der Waals surface area contributed by atoms with E-state index in [2.05, 4.69) is 69.2 Å². The summed E-state index contributed by atoms with van der Waals surface area (Å²) in [4.78, 5) is 19.2. The highest BCUT2D eigenvalue weighted by molar-refractivity contribution is 5.84. The van der Waals surface area contributed by atoms with Crippen LogP contribution >= 0.6 is 0 Å². The molecule has 0 aliphatic carbocycles. The van der Waals surface area contributed by atoms with E-state index in [1.165, 1.54) is 0 Å². The quantitative estimate of drug-likeness (QED) is 0.483. The first-order chi connectivity index (χ1) is 17.0. The van der Waals surface area contributed by atoms with E-state index in [-0.39, 0.29) is 12.2 Å². The van der Waals surface area contributed by atoms with Crippen molar-refractivity contribution in [3.8, 4) is 11.8 Å². The van der Waals surface area contributed by atoms with E-state index in [1.807, 2.05) is 12.1 Å². The zero-order valence-electron chi connectivity index (χ0n) is 20.6. The maximum atomic E-state index is 5.80. The second kappa shape index (κ2) is 10.6. The number of rotatable bonds is 5. The Hall–Kier alpha value is -3.19. The second-order valence-electron chi connectivity index (χ2n) is 9.43. The van der Waals surface area contributed by atoms with Gasteiger partial charge in [-0.25, -0.2) is 4.98 Å². The molecule has 3 N–H and O–H groups in total. The summed E-state index contributed by atoms with van der Waals surface area (Å²) in [6.07, 6.45) is 4.05. The van der Waals surface area contributed by atoms with Crippen molar-refractivity contribution < 1.29 is 9.47 Å². The lowest BCUT2D eigenvalue weighted by molar-refractivity contribution is -0.0640. The summed E-state index contributed by atoms with van der Waals surface area (Å²) in [5.74, 6) is 7.88. The zero-order valence-corrected chi connectivity index (χ0v) is 20.6. The third kappa shape index (κ3) is 5.90. The molecule has 0 radical (unpaired) electrons. The van der Waals surface area contributed by atoms with Crippen LogP contribution in [0.4, 0.5) is 17.5 Å². The van der Waals surface area contributed by atoms with Crippen LogP contribution in [0.15, 0.2) is 24.5 Å². The minimum atomic E-state index is 0.253. The van der Waals surface area contributed by atoms with E-state index in [1.54, 1.807) is 6.33 Å². The molecule has 0 spiro atoms. The minimum absolute atomic E-state index is 0.253. The fourth-order valence-corrected chi connectivity index (χ4v) is 4.70. The molecule has 2 atom stereocenters. The highest BCUT2D eigenvalue weighted by Crippen LogP contribution is 2.25. The number of ether oxygens (including phenoxy) is 2. The van der Waals surface area contributed by atoms with Gasteiger partial charge in [0.1, 0.15) is 5.52 Å². The van der Waals surface area contributed by atoms with Gasteiger partial charge in [-0.15, -0.1) is 0 Å². The third-order valence-corrected chi connectivity index (χ3v) is 6.34. The molecule has 9 nitrogen and oxygen atoms in total. The molecule has 0 amide bonds. The lowest BCUT2D eigenvalue weighted by Crippen LogP contribution is -2.45. The van der Waals surface area contributed by atoms with Crippen molar-refractivity contribution >= 4 is 28.6 Å². The lowest BCUT2D eigenvalue weighted by atomic mass is 10.1. The van der Waals surface area contributed by atoms with Crippen LogP contribution in [0.2, 0.25) is 0 Å². The molecule has 2 aromatic heterocycles. The van der Waals surface area contributed by atoms with Crippen LogP contribution in [0.5, 0.6) is 0 Å². The summed E-state index contributed by atoms with van der Waals surface area (Å²) >= 11 is 0. The number of nitrogens with one attached hydrogen (secondary N) is 3. The molecule has 2 saturated heterocycles. The molecule has 0 saturated carbocycles. The Bertz CT molecular complexity index is 1220. The normalized spacial score (nSPS) is 21.5. The Morgan fingerprint density at radius 1 is 1.14 bits per heavy atom. The maximum Gasteiger partial charge on any atom is 0.231 e. The number of benzene rings is 1. The molecular formula is C26H33N7O2. The van der Waals surface area contributed by atoms with Crippen molar-refractivity contribution in [2.45, 2.75) is 51.9 Å². The number of aromatic amines is 1. The van der Waals surface area contributed by atoms with E-state index in [0.717, 1.165) is 73.8 Å². The van der Waals surface area contributed by atoms with Crippen LogP contribution in [0.1, 0.15) is 37.8 Å². The first-order valence-electron chi connectivity index (χ1n) is 12.3. The summed E-state index contributed by atoms with van der Waals surface area (Å²) < 4.78 is 11.3. The van der Waals surface area contributed by atoms with Gasteiger partial charge in [0.25, 0.3) is 0 Å².